The average Bonchev–Trinajstić information content (AvgIpc) is 3.17. The normalized spacial score (nSPS) is 11.0. The number of furan rings is 2. The number of rotatable bonds is 5. The molecule has 120 valence electrons. The summed E-state index contributed by atoms with van der Waals surface area (Å²) in [5.74, 6) is 4.67. The molecule has 0 spiro atoms. The van der Waals surface area contributed by atoms with Crippen molar-refractivity contribution in [3.05, 3.63) is 71.1 Å². The summed E-state index contributed by atoms with van der Waals surface area (Å²) >= 11 is 0. The van der Waals surface area contributed by atoms with Crippen molar-refractivity contribution < 1.29 is 18.3 Å². The number of hydrogen-bond donors (Lipinski definition) is 0. The summed E-state index contributed by atoms with van der Waals surface area (Å²) in [6, 6.07) is 13.6. The van der Waals surface area contributed by atoms with Gasteiger partial charge in [-0.2, -0.15) is 0 Å². The molecule has 0 radical (unpaired) electrons. The molecule has 23 heavy (non-hydrogen) atoms. The van der Waals surface area contributed by atoms with E-state index in [9.17, 15) is 0 Å². The molecule has 0 N–H and O–H groups in total. The second-order valence-electron chi connectivity index (χ2n) is 5.44. The summed E-state index contributed by atoms with van der Waals surface area (Å²) < 4.78 is 22.6. The molecule has 3 rings (SSSR count). The van der Waals surface area contributed by atoms with Crippen molar-refractivity contribution in [3.8, 4) is 11.5 Å². The molecule has 0 unspecified atom stereocenters. The van der Waals surface area contributed by atoms with Crippen molar-refractivity contribution in [2.75, 3.05) is 14.2 Å². The zero-order chi connectivity index (χ0) is 16.4. The molecule has 0 bridgehead atoms. The highest BCUT2D eigenvalue weighted by Crippen LogP contribution is 2.40. The fraction of sp³-hybridized carbons (Fsp3) is 0.263. The van der Waals surface area contributed by atoms with E-state index in [0.29, 0.717) is 0 Å². The molecular formula is C19H20O4. The van der Waals surface area contributed by atoms with Crippen molar-refractivity contribution in [3.63, 3.8) is 0 Å². The Morgan fingerprint density at radius 2 is 1.39 bits per heavy atom. The van der Waals surface area contributed by atoms with Crippen molar-refractivity contribution in [1.82, 2.24) is 0 Å². The summed E-state index contributed by atoms with van der Waals surface area (Å²) in [6.07, 6.45) is 0. The Bertz CT molecular complexity index is 757. The first-order valence-electron chi connectivity index (χ1n) is 7.47. The first-order valence-corrected chi connectivity index (χ1v) is 7.47. The lowest BCUT2D eigenvalue weighted by Gasteiger charge is -2.17. The van der Waals surface area contributed by atoms with Gasteiger partial charge >= 0.3 is 0 Å². The Hall–Kier alpha value is -2.62. The van der Waals surface area contributed by atoms with E-state index in [1.807, 2.05) is 56.3 Å². The predicted molar refractivity (Wildman–Crippen MR) is 87.4 cm³/mol. The maximum absolute atomic E-state index is 5.87. The monoisotopic (exact) mass is 312 g/mol. The van der Waals surface area contributed by atoms with Gasteiger partial charge in [0.1, 0.15) is 40.5 Å². The molecule has 0 fully saturated rings. The lowest BCUT2D eigenvalue weighted by molar-refractivity contribution is 0.382. The summed E-state index contributed by atoms with van der Waals surface area (Å²) in [5.41, 5.74) is 0.969. The zero-order valence-corrected chi connectivity index (χ0v) is 13.8. The molecule has 3 aromatic rings. The quantitative estimate of drug-likeness (QED) is 0.686. The summed E-state index contributed by atoms with van der Waals surface area (Å²) in [6.45, 7) is 3.86. The minimum atomic E-state index is -0.168. The van der Waals surface area contributed by atoms with Crippen LogP contribution in [0.25, 0.3) is 0 Å². The number of benzene rings is 1. The molecule has 4 heteroatoms. The second kappa shape index (κ2) is 6.24. The average molecular weight is 312 g/mol. The van der Waals surface area contributed by atoms with Gasteiger partial charge in [-0.05, 0) is 44.2 Å². The Morgan fingerprint density at radius 1 is 0.783 bits per heavy atom. The van der Waals surface area contributed by atoms with Crippen LogP contribution in [0.5, 0.6) is 11.5 Å². The maximum Gasteiger partial charge on any atom is 0.126 e. The minimum Gasteiger partial charge on any atom is -0.497 e. The molecule has 0 saturated carbocycles. The van der Waals surface area contributed by atoms with Crippen LogP contribution in [-0.2, 0) is 0 Å². The Labute approximate surface area is 135 Å². The smallest absolute Gasteiger partial charge is 0.126 e. The molecule has 0 aliphatic carbocycles. The highest BCUT2D eigenvalue weighted by Gasteiger charge is 2.26. The predicted octanol–water partition coefficient (Wildman–Crippen LogP) is 4.69. The van der Waals surface area contributed by atoms with Crippen LogP contribution in [0.3, 0.4) is 0 Å². The van der Waals surface area contributed by atoms with Gasteiger partial charge in [0.2, 0.25) is 0 Å². The van der Waals surface area contributed by atoms with E-state index >= 15 is 0 Å². The van der Waals surface area contributed by atoms with Crippen LogP contribution in [-0.4, -0.2) is 14.2 Å². The van der Waals surface area contributed by atoms with Gasteiger partial charge in [-0.25, -0.2) is 0 Å². The van der Waals surface area contributed by atoms with E-state index in [4.69, 9.17) is 18.3 Å². The van der Waals surface area contributed by atoms with Crippen LogP contribution in [0, 0.1) is 13.8 Å². The van der Waals surface area contributed by atoms with Crippen molar-refractivity contribution in [1.29, 1.82) is 0 Å². The van der Waals surface area contributed by atoms with Crippen molar-refractivity contribution in [2.45, 2.75) is 19.8 Å². The van der Waals surface area contributed by atoms with Gasteiger partial charge in [0.05, 0.1) is 14.2 Å². The Balaban J connectivity index is 2.16. The molecular weight excluding hydrogens is 292 g/mol. The zero-order valence-electron chi connectivity index (χ0n) is 13.8. The van der Waals surface area contributed by atoms with E-state index in [-0.39, 0.29) is 5.92 Å². The van der Waals surface area contributed by atoms with Crippen LogP contribution in [0.15, 0.2) is 51.3 Å². The third-order valence-corrected chi connectivity index (χ3v) is 3.84. The number of methoxy groups -OCH3 is 2. The minimum absolute atomic E-state index is 0.168. The molecule has 4 nitrogen and oxygen atoms in total. The van der Waals surface area contributed by atoms with Crippen molar-refractivity contribution in [2.24, 2.45) is 0 Å². The van der Waals surface area contributed by atoms with E-state index < -0.39 is 0 Å². The highest BCUT2D eigenvalue weighted by molar-refractivity contribution is 5.48. The number of hydrogen-bond acceptors (Lipinski definition) is 4. The number of aryl methyl sites for hydroxylation is 2. The largest absolute Gasteiger partial charge is 0.497 e. The van der Waals surface area contributed by atoms with Gasteiger partial charge in [0.15, 0.2) is 0 Å². The lowest BCUT2D eigenvalue weighted by atomic mass is 9.93. The molecule has 2 aromatic heterocycles. The van der Waals surface area contributed by atoms with Crippen LogP contribution in [0.4, 0.5) is 0 Å². The molecule has 1 aromatic carbocycles. The topological polar surface area (TPSA) is 44.7 Å². The first kappa shape index (κ1) is 15.3. The maximum atomic E-state index is 5.87. The lowest BCUT2D eigenvalue weighted by Crippen LogP contribution is -2.04. The van der Waals surface area contributed by atoms with E-state index in [1.165, 1.54) is 0 Å². The van der Waals surface area contributed by atoms with Gasteiger partial charge in [-0.15, -0.1) is 0 Å². The summed E-state index contributed by atoms with van der Waals surface area (Å²) in [4.78, 5) is 0. The van der Waals surface area contributed by atoms with E-state index in [0.717, 1.165) is 40.1 Å². The van der Waals surface area contributed by atoms with Crippen LogP contribution >= 0.6 is 0 Å². The standard InChI is InChI=1S/C19H20O4/c1-12-5-9-16(22-12)19(17-10-6-13(2)23-17)15-8-7-14(20-3)11-18(15)21-4/h5-11,19H,1-4H3. The molecule has 0 aliphatic rings. The molecule has 0 amide bonds. The Morgan fingerprint density at radius 3 is 1.83 bits per heavy atom. The Kier molecular flexibility index (Phi) is 4.15. The first-order chi connectivity index (χ1) is 11.1. The molecule has 0 saturated heterocycles. The van der Waals surface area contributed by atoms with Gasteiger partial charge in [-0.1, -0.05) is 6.07 Å². The molecule has 2 heterocycles. The number of ether oxygens (including phenoxy) is 2. The second-order valence-corrected chi connectivity index (χ2v) is 5.44. The van der Waals surface area contributed by atoms with Gasteiger partial charge in [-0.3, -0.25) is 0 Å². The third-order valence-electron chi connectivity index (χ3n) is 3.84. The molecule has 0 aliphatic heterocycles. The van der Waals surface area contributed by atoms with Crippen LogP contribution < -0.4 is 9.47 Å². The summed E-state index contributed by atoms with van der Waals surface area (Å²) in [5, 5.41) is 0. The molecule has 0 atom stereocenters. The van der Waals surface area contributed by atoms with E-state index in [1.54, 1.807) is 14.2 Å². The van der Waals surface area contributed by atoms with Crippen molar-refractivity contribution >= 4 is 0 Å². The van der Waals surface area contributed by atoms with Gasteiger partial charge in [0.25, 0.3) is 0 Å². The fourth-order valence-corrected chi connectivity index (χ4v) is 2.72. The van der Waals surface area contributed by atoms with Gasteiger partial charge < -0.3 is 18.3 Å². The summed E-state index contributed by atoms with van der Waals surface area (Å²) in [7, 11) is 3.29. The third kappa shape index (κ3) is 2.97. The van der Waals surface area contributed by atoms with Gasteiger partial charge in [0, 0.05) is 11.6 Å². The van der Waals surface area contributed by atoms with Crippen LogP contribution in [0.1, 0.15) is 34.5 Å². The van der Waals surface area contributed by atoms with E-state index in [2.05, 4.69) is 0 Å². The fourth-order valence-electron chi connectivity index (χ4n) is 2.72. The SMILES string of the molecule is COc1ccc(C(c2ccc(C)o2)c2ccc(C)o2)c(OC)c1. The van der Waals surface area contributed by atoms with Crippen LogP contribution in [0.2, 0.25) is 0 Å². The highest BCUT2D eigenvalue weighted by atomic mass is 16.5.